The maximum Gasteiger partial charge on any atom is 0.342 e. The molecule has 0 spiro atoms. The van der Waals surface area contributed by atoms with Crippen LogP contribution in [-0.4, -0.2) is 33.6 Å². The van der Waals surface area contributed by atoms with E-state index in [1.54, 1.807) is 42.6 Å². The third-order valence-electron chi connectivity index (χ3n) is 3.45. The zero-order valence-electron chi connectivity index (χ0n) is 11.9. The number of hydrogen-bond acceptors (Lipinski definition) is 5. The van der Waals surface area contributed by atoms with Gasteiger partial charge in [-0.3, -0.25) is 4.79 Å². The molecule has 0 aliphatic carbocycles. The summed E-state index contributed by atoms with van der Waals surface area (Å²) in [6, 6.07) is 10.9. The van der Waals surface area contributed by atoms with E-state index in [0.717, 1.165) is 6.07 Å². The molecule has 0 unspecified atom stereocenters. The van der Waals surface area contributed by atoms with Crippen LogP contribution in [0.1, 0.15) is 20.8 Å². The number of aromatic amines is 1. The monoisotopic (exact) mass is 311 g/mol. The van der Waals surface area contributed by atoms with Crippen LogP contribution in [-0.2, 0) is 4.74 Å². The van der Waals surface area contributed by atoms with Gasteiger partial charge < -0.3 is 19.9 Å². The smallest absolute Gasteiger partial charge is 0.342 e. The molecule has 0 amide bonds. The van der Waals surface area contributed by atoms with Crippen LogP contribution in [0.3, 0.4) is 0 Å². The number of carbonyl (C=O) groups is 2. The van der Waals surface area contributed by atoms with Crippen LogP contribution < -0.4 is 0 Å². The average molecular weight is 311 g/mol. The van der Waals surface area contributed by atoms with Crippen molar-refractivity contribution in [3.8, 4) is 11.5 Å². The van der Waals surface area contributed by atoms with Crippen LogP contribution in [0.25, 0.3) is 10.8 Å². The number of phenolic OH excluding ortho intramolecular Hbond substituents is 2. The molecule has 0 radical (unpaired) electrons. The van der Waals surface area contributed by atoms with Gasteiger partial charge in [0.05, 0.1) is 5.69 Å². The van der Waals surface area contributed by atoms with E-state index in [1.807, 2.05) is 0 Å². The number of phenols is 2. The molecular formula is C17H13NO5. The molecule has 0 saturated heterocycles. The zero-order chi connectivity index (χ0) is 16.4. The minimum absolute atomic E-state index is 0.152. The molecule has 0 aliphatic heterocycles. The summed E-state index contributed by atoms with van der Waals surface area (Å²) in [5.41, 5.74) is 0.129. The van der Waals surface area contributed by atoms with Crippen LogP contribution in [0.5, 0.6) is 11.5 Å². The number of aromatic nitrogens is 1. The van der Waals surface area contributed by atoms with E-state index in [4.69, 9.17) is 4.74 Å². The number of Topliss-reactive ketones (excluding diaryl/α,β-unsaturated/α-hetero) is 1. The Balaban J connectivity index is 1.84. The average Bonchev–Trinajstić information content (AvgIpc) is 3.10. The van der Waals surface area contributed by atoms with Gasteiger partial charge in [0.2, 0.25) is 5.78 Å². The fourth-order valence-corrected chi connectivity index (χ4v) is 2.29. The molecule has 1 heterocycles. The largest absolute Gasteiger partial charge is 0.507 e. The van der Waals surface area contributed by atoms with Gasteiger partial charge in [-0.15, -0.1) is 0 Å². The molecule has 0 aliphatic rings. The first-order valence-corrected chi connectivity index (χ1v) is 6.85. The Kier molecular flexibility index (Phi) is 3.72. The van der Waals surface area contributed by atoms with Gasteiger partial charge in [-0.2, -0.15) is 0 Å². The van der Waals surface area contributed by atoms with E-state index in [-0.39, 0.29) is 17.1 Å². The first kappa shape index (κ1) is 14.6. The standard InChI is InChI=1S/C17H13NO5/c19-14-8-12(16(21)11-5-2-1-4-10(11)14)17(22)23-9-15(20)13-6-3-7-18-13/h1-8,18-19,21H,9H2. The van der Waals surface area contributed by atoms with E-state index >= 15 is 0 Å². The number of nitrogens with one attached hydrogen (secondary N) is 1. The summed E-state index contributed by atoms with van der Waals surface area (Å²) in [6.07, 6.45) is 1.59. The molecule has 3 rings (SSSR count). The number of H-pyrrole nitrogens is 1. The summed E-state index contributed by atoms with van der Waals surface area (Å²) in [7, 11) is 0. The maximum absolute atomic E-state index is 12.1. The summed E-state index contributed by atoms with van der Waals surface area (Å²) in [6.45, 7) is -0.466. The molecular weight excluding hydrogens is 298 g/mol. The van der Waals surface area contributed by atoms with Gasteiger partial charge in [-0.25, -0.2) is 4.79 Å². The fraction of sp³-hybridized carbons (Fsp3) is 0.0588. The van der Waals surface area contributed by atoms with E-state index < -0.39 is 18.4 Å². The van der Waals surface area contributed by atoms with E-state index in [2.05, 4.69) is 4.98 Å². The van der Waals surface area contributed by atoms with Crippen LogP contribution in [0.15, 0.2) is 48.7 Å². The predicted octanol–water partition coefficient (Wildman–Crippen LogP) is 2.62. The number of carbonyl (C=O) groups excluding carboxylic acids is 2. The minimum Gasteiger partial charge on any atom is -0.507 e. The third-order valence-corrected chi connectivity index (χ3v) is 3.45. The lowest BCUT2D eigenvalue weighted by molar-refractivity contribution is 0.0470. The Hall–Kier alpha value is -3.28. The highest BCUT2D eigenvalue weighted by Crippen LogP contribution is 2.35. The summed E-state index contributed by atoms with van der Waals surface area (Å²) in [5.74, 6) is -1.73. The zero-order valence-corrected chi connectivity index (χ0v) is 11.9. The van der Waals surface area contributed by atoms with Crippen LogP contribution in [0, 0.1) is 0 Å². The molecule has 0 atom stereocenters. The highest BCUT2D eigenvalue weighted by atomic mass is 16.5. The van der Waals surface area contributed by atoms with Crippen molar-refractivity contribution in [1.29, 1.82) is 0 Å². The first-order valence-electron chi connectivity index (χ1n) is 6.85. The Morgan fingerprint density at radius 1 is 1.04 bits per heavy atom. The van der Waals surface area contributed by atoms with Crippen molar-refractivity contribution in [2.24, 2.45) is 0 Å². The fourth-order valence-electron chi connectivity index (χ4n) is 2.29. The number of hydrogen-bond donors (Lipinski definition) is 3. The number of rotatable bonds is 4. The summed E-state index contributed by atoms with van der Waals surface area (Å²) in [5, 5.41) is 20.9. The number of fused-ring (bicyclic) bond motifs is 1. The van der Waals surface area contributed by atoms with Crippen molar-refractivity contribution in [2.45, 2.75) is 0 Å². The number of ether oxygens (including phenoxy) is 1. The molecule has 6 heteroatoms. The van der Waals surface area contributed by atoms with E-state index in [9.17, 15) is 19.8 Å². The van der Waals surface area contributed by atoms with Crippen LogP contribution in [0.2, 0.25) is 0 Å². The van der Waals surface area contributed by atoms with Gasteiger partial charge in [0.25, 0.3) is 0 Å². The quantitative estimate of drug-likeness (QED) is 0.391. The second kappa shape index (κ2) is 5.84. The number of ketones is 1. The maximum atomic E-state index is 12.1. The highest BCUT2D eigenvalue weighted by molar-refractivity contribution is 6.04. The summed E-state index contributed by atoms with van der Waals surface area (Å²) < 4.78 is 4.92. The van der Waals surface area contributed by atoms with Crippen molar-refractivity contribution in [2.75, 3.05) is 6.61 Å². The van der Waals surface area contributed by atoms with E-state index in [1.165, 1.54) is 0 Å². The Morgan fingerprint density at radius 3 is 2.48 bits per heavy atom. The van der Waals surface area contributed by atoms with Gasteiger partial charge in [-0.1, -0.05) is 24.3 Å². The SMILES string of the molecule is O=C(COC(=O)c1cc(O)c2ccccc2c1O)c1ccc[nH]1. The van der Waals surface area contributed by atoms with Gasteiger partial charge in [0.1, 0.15) is 17.1 Å². The summed E-state index contributed by atoms with van der Waals surface area (Å²) >= 11 is 0. The molecule has 6 nitrogen and oxygen atoms in total. The lowest BCUT2D eigenvalue weighted by Gasteiger charge is -2.09. The second-order valence-electron chi connectivity index (χ2n) is 4.92. The highest BCUT2D eigenvalue weighted by Gasteiger charge is 2.19. The predicted molar refractivity (Wildman–Crippen MR) is 82.7 cm³/mol. The van der Waals surface area contributed by atoms with Crippen molar-refractivity contribution >= 4 is 22.5 Å². The van der Waals surface area contributed by atoms with Gasteiger partial charge in [-0.05, 0) is 18.2 Å². The van der Waals surface area contributed by atoms with Crippen molar-refractivity contribution < 1.29 is 24.5 Å². The number of benzene rings is 2. The molecule has 116 valence electrons. The van der Waals surface area contributed by atoms with E-state index in [0.29, 0.717) is 16.5 Å². The Bertz CT molecular complexity index is 883. The Morgan fingerprint density at radius 2 is 1.78 bits per heavy atom. The molecule has 3 N–H and O–H groups in total. The normalized spacial score (nSPS) is 10.6. The van der Waals surface area contributed by atoms with Gasteiger partial charge >= 0.3 is 5.97 Å². The third kappa shape index (κ3) is 2.74. The molecule has 1 aromatic heterocycles. The lowest BCUT2D eigenvalue weighted by atomic mass is 10.0. The molecule has 0 bridgehead atoms. The number of aromatic hydroxyl groups is 2. The molecule has 2 aromatic carbocycles. The minimum atomic E-state index is -0.886. The van der Waals surface area contributed by atoms with Crippen LogP contribution >= 0.6 is 0 Å². The summed E-state index contributed by atoms with van der Waals surface area (Å²) in [4.78, 5) is 26.6. The number of esters is 1. The molecule has 0 saturated carbocycles. The molecule has 23 heavy (non-hydrogen) atoms. The van der Waals surface area contributed by atoms with Gasteiger partial charge in [0.15, 0.2) is 6.61 Å². The molecule has 3 aromatic rings. The lowest BCUT2D eigenvalue weighted by Crippen LogP contribution is -2.14. The molecule has 0 fully saturated rings. The van der Waals surface area contributed by atoms with Crippen molar-refractivity contribution in [3.05, 3.63) is 59.9 Å². The first-order chi connectivity index (χ1) is 11.1. The topological polar surface area (TPSA) is 99.6 Å². The van der Waals surface area contributed by atoms with Gasteiger partial charge in [0, 0.05) is 17.0 Å². The Labute approximate surface area is 130 Å². The van der Waals surface area contributed by atoms with Crippen molar-refractivity contribution in [3.63, 3.8) is 0 Å². The van der Waals surface area contributed by atoms with Crippen molar-refractivity contribution in [1.82, 2.24) is 4.98 Å². The second-order valence-corrected chi connectivity index (χ2v) is 4.92. The van der Waals surface area contributed by atoms with Crippen LogP contribution in [0.4, 0.5) is 0 Å².